The number of nitrogens with one attached hydrogen (secondary N) is 1. The Labute approximate surface area is 123 Å². The molecule has 2 aromatic rings. The van der Waals surface area contributed by atoms with Crippen molar-refractivity contribution in [1.82, 2.24) is 10.3 Å². The van der Waals surface area contributed by atoms with E-state index >= 15 is 0 Å². The molecule has 1 amide bonds. The van der Waals surface area contributed by atoms with E-state index in [0.29, 0.717) is 12.5 Å². The van der Waals surface area contributed by atoms with Crippen LogP contribution >= 0.6 is 11.3 Å². The maximum Gasteiger partial charge on any atom is 0.223 e. The Morgan fingerprint density at radius 3 is 3.10 bits per heavy atom. The number of aromatic nitrogens is 1. The molecule has 2 heterocycles. The van der Waals surface area contributed by atoms with E-state index in [1.165, 1.54) is 5.56 Å². The van der Waals surface area contributed by atoms with E-state index in [9.17, 15) is 4.79 Å². The minimum Gasteiger partial charge on any atom is -0.352 e. The van der Waals surface area contributed by atoms with Gasteiger partial charge in [-0.05, 0) is 52.8 Å². The molecule has 1 aliphatic rings. The number of amides is 1. The van der Waals surface area contributed by atoms with Crippen LogP contribution in [0.4, 0.5) is 0 Å². The topological polar surface area (TPSA) is 42.0 Å². The predicted octanol–water partition coefficient (Wildman–Crippen LogP) is 3.34. The second-order valence-corrected chi connectivity index (χ2v) is 6.06. The van der Waals surface area contributed by atoms with Crippen molar-refractivity contribution in [2.24, 2.45) is 5.92 Å². The molecule has 2 atom stereocenters. The van der Waals surface area contributed by atoms with Crippen LogP contribution in [0.2, 0.25) is 0 Å². The van der Waals surface area contributed by atoms with Crippen LogP contribution < -0.4 is 5.32 Å². The molecule has 1 fully saturated rings. The van der Waals surface area contributed by atoms with Gasteiger partial charge in [-0.25, -0.2) is 0 Å². The summed E-state index contributed by atoms with van der Waals surface area (Å²) in [5.41, 5.74) is 2.37. The number of carbonyl (C=O) groups excluding carboxylic acids is 1. The van der Waals surface area contributed by atoms with Crippen molar-refractivity contribution < 1.29 is 4.79 Å². The van der Waals surface area contributed by atoms with Gasteiger partial charge < -0.3 is 5.32 Å². The van der Waals surface area contributed by atoms with Crippen molar-refractivity contribution in [3.05, 3.63) is 52.5 Å². The van der Waals surface area contributed by atoms with Crippen molar-refractivity contribution >= 4 is 17.2 Å². The number of hydrogen-bond donors (Lipinski definition) is 1. The van der Waals surface area contributed by atoms with Crippen molar-refractivity contribution in [2.75, 3.05) is 0 Å². The van der Waals surface area contributed by atoms with Gasteiger partial charge in [0.15, 0.2) is 0 Å². The summed E-state index contributed by atoms with van der Waals surface area (Å²) in [5, 5.41) is 7.33. The normalized spacial score (nSPS) is 21.8. The smallest absolute Gasteiger partial charge is 0.223 e. The third kappa shape index (κ3) is 2.90. The van der Waals surface area contributed by atoms with Crippen LogP contribution in [-0.2, 0) is 11.3 Å². The summed E-state index contributed by atoms with van der Waals surface area (Å²) in [5.74, 6) is 0.707. The van der Waals surface area contributed by atoms with Crippen LogP contribution in [0.25, 0.3) is 0 Å². The van der Waals surface area contributed by atoms with Crippen LogP contribution in [0, 0.1) is 5.92 Å². The van der Waals surface area contributed by atoms with E-state index in [1.54, 1.807) is 23.7 Å². The summed E-state index contributed by atoms with van der Waals surface area (Å²) in [4.78, 5) is 16.5. The van der Waals surface area contributed by atoms with Gasteiger partial charge in [-0.1, -0.05) is 12.5 Å². The lowest BCUT2D eigenvalue weighted by Gasteiger charge is -2.18. The molecule has 1 aliphatic carbocycles. The Kier molecular flexibility index (Phi) is 4.11. The molecule has 0 unspecified atom stereocenters. The Balaban J connectivity index is 1.62. The van der Waals surface area contributed by atoms with Crippen LogP contribution in [0.5, 0.6) is 0 Å². The monoisotopic (exact) mass is 286 g/mol. The minimum absolute atomic E-state index is 0.126. The lowest BCUT2D eigenvalue weighted by atomic mass is 9.90. The SMILES string of the molecule is O=C(NCc1cccnc1)[C@H]1CCC[C@H]1c1ccsc1. The second kappa shape index (κ2) is 6.18. The average Bonchev–Trinajstić information content (AvgIpc) is 3.15. The highest BCUT2D eigenvalue weighted by Crippen LogP contribution is 2.40. The summed E-state index contributed by atoms with van der Waals surface area (Å²) >= 11 is 1.71. The molecule has 3 nitrogen and oxygen atoms in total. The summed E-state index contributed by atoms with van der Waals surface area (Å²) < 4.78 is 0. The molecule has 0 aromatic carbocycles. The summed E-state index contributed by atoms with van der Waals surface area (Å²) in [6.45, 7) is 0.569. The average molecular weight is 286 g/mol. The molecule has 0 spiro atoms. The van der Waals surface area contributed by atoms with Crippen LogP contribution in [0.1, 0.15) is 36.3 Å². The van der Waals surface area contributed by atoms with Gasteiger partial charge in [0.05, 0.1) is 0 Å². The molecular weight excluding hydrogens is 268 g/mol. The van der Waals surface area contributed by atoms with E-state index in [0.717, 1.165) is 24.8 Å². The van der Waals surface area contributed by atoms with E-state index in [4.69, 9.17) is 0 Å². The number of hydrogen-bond acceptors (Lipinski definition) is 3. The molecule has 20 heavy (non-hydrogen) atoms. The highest BCUT2D eigenvalue weighted by atomic mass is 32.1. The van der Waals surface area contributed by atoms with Crippen LogP contribution in [0.15, 0.2) is 41.4 Å². The van der Waals surface area contributed by atoms with E-state index in [2.05, 4.69) is 27.1 Å². The highest BCUT2D eigenvalue weighted by Gasteiger charge is 2.33. The molecular formula is C16H18N2OS. The zero-order valence-electron chi connectivity index (χ0n) is 11.3. The van der Waals surface area contributed by atoms with Crippen LogP contribution in [-0.4, -0.2) is 10.9 Å². The first-order valence-corrected chi connectivity index (χ1v) is 7.97. The Morgan fingerprint density at radius 1 is 1.40 bits per heavy atom. The molecule has 3 rings (SSSR count). The Bertz CT molecular complexity index is 553. The zero-order valence-corrected chi connectivity index (χ0v) is 12.1. The van der Waals surface area contributed by atoms with E-state index in [1.807, 2.05) is 12.1 Å². The fourth-order valence-electron chi connectivity index (χ4n) is 2.98. The Hall–Kier alpha value is -1.68. The van der Waals surface area contributed by atoms with Crippen molar-refractivity contribution in [2.45, 2.75) is 31.7 Å². The first kappa shape index (κ1) is 13.3. The van der Waals surface area contributed by atoms with Gasteiger partial charge in [0, 0.05) is 24.9 Å². The number of nitrogens with zero attached hydrogens (tertiary/aromatic N) is 1. The quantitative estimate of drug-likeness (QED) is 0.936. The zero-order chi connectivity index (χ0) is 13.8. The molecule has 0 aliphatic heterocycles. The number of carbonyl (C=O) groups is 1. The molecule has 2 aromatic heterocycles. The van der Waals surface area contributed by atoms with Gasteiger partial charge in [0.25, 0.3) is 0 Å². The molecule has 0 bridgehead atoms. The molecule has 4 heteroatoms. The van der Waals surface area contributed by atoms with Crippen molar-refractivity contribution in [1.29, 1.82) is 0 Å². The second-order valence-electron chi connectivity index (χ2n) is 5.28. The number of thiophene rings is 1. The Morgan fingerprint density at radius 2 is 2.35 bits per heavy atom. The molecule has 0 radical (unpaired) electrons. The molecule has 0 saturated heterocycles. The lowest BCUT2D eigenvalue weighted by Crippen LogP contribution is -2.31. The summed E-state index contributed by atoms with van der Waals surface area (Å²) in [6, 6.07) is 6.03. The fourth-order valence-corrected chi connectivity index (χ4v) is 3.71. The largest absolute Gasteiger partial charge is 0.352 e. The molecule has 1 N–H and O–H groups in total. The van der Waals surface area contributed by atoms with Gasteiger partial charge >= 0.3 is 0 Å². The first-order chi connectivity index (χ1) is 9.84. The lowest BCUT2D eigenvalue weighted by molar-refractivity contribution is -0.125. The van der Waals surface area contributed by atoms with Gasteiger partial charge in [-0.3, -0.25) is 9.78 Å². The summed E-state index contributed by atoms with van der Waals surface area (Å²) in [7, 11) is 0. The van der Waals surface area contributed by atoms with Gasteiger partial charge in [0.2, 0.25) is 5.91 Å². The maximum absolute atomic E-state index is 12.4. The highest BCUT2D eigenvalue weighted by molar-refractivity contribution is 7.08. The summed E-state index contributed by atoms with van der Waals surface area (Å²) in [6.07, 6.45) is 6.81. The molecule has 104 valence electrons. The van der Waals surface area contributed by atoms with Gasteiger partial charge in [-0.2, -0.15) is 11.3 Å². The van der Waals surface area contributed by atoms with E-state index in [-0.39, 0.29) is 11.8 Å². The van der Waals surface area contributed by atoms with Gasteiger partial charge in [-0.15, -0.1) is 0 Å². The number of rotatable bonds is 4. The van der Waals surface area contributed by atoms with E-state index < -0.39 is 0 Å². The number of pyridine rings is 1. The van der Waals surface area contributed by atoms with Crippen molar-refractivity contribution in [3.8, 4) is 0 Å². The third-order valence-corrected chi connectivity index (χ3v) is 4.72. The van der Waals surface area contributed by atoms with Crippen LogP contribution in [0.3, 0.4) is 0 Å². The van der Waals surface area contributed by atoms with Gasteiger partial charge in [0.1, 0.15) is 0 Å². The predicted molar refractivity (Wildman–Crippen MR) is 80.5 cm³/mol. The first-order valence-electron chi connectivity index (χ1n) is 7.03. The third-order valence-electron chi connectivity index (χ3n) is 4.01. The van der Waals surface area contributed by atoms with Crippen molar-refractivity contribution in [3.63, 3.8) is 0 Å². The fraction of sp³-hybridized carbons (Fsp3) is 0.375. The molecule has 1 saturated carbocycles. The maximum atomic E-state index is 12.4. The standard InChI is InChI=1S/C16H18N2OS/c19-16(18-10-12-3-2-7-17-9-12)15-5-1-4-14(15)13-6-8-20-11-13/h2-3,6-9,11,14-15H,1,4-5,10H2,(H,18,19)/t14-,15-/m0/s1. The minimum atomic E-state index is 0.126.